The van der Waals surface area contributed by atoms with Gasteiger partial charge in [-0.1, -0.05) is 8.93 Å². The lowest BCUT2D eigenvalue weighted by atomic mass is 10.1. The Morgan fingerprint density at radius 3 is 2.53 bits per heavy atom. The van der Waals surface area contributed by atoms with Crippen LogP contribution in [0, 0.1) is 0 Å². The zero-order chi connectivity index (χ0) is 11.5. The van der Waals surface area contributed by atoms with E-state index in [0.717, 1.165) is 0 Å². The number of ether oxygens (including phenoxy) is 1. The molecule has 1 aliphatic rings. The largest absolute Gasteiger partial charge is 0.363 e. The van der Waals surface area contributed by atoms with Crippen molar-refractivity contribution in [3.8, 4) is 0 Å². The summed E-state index contributed by atoms with van der Waals surface area (Å²) in [5, 5.41) is 0. The molecule has 4 unspecified atom stereocenters. The van der Waals surface area contributed by atoms with Gasteiger partial charge < -0.3 is 18.3 Å². The molecule has 4 nitrogen and oxygen atoms in total. The molecule has 1 fully saturated rings. The summed E-state index contributed by atoms with van der Waals surface area (Å²) in [6.45, 7) is -0.000842. The molecule has 0 aromatic heterocycles. The molecule has 0 saturated carbocycles. The van der Waals surface area contributed by atoms with Crippen molar-refractivity contribution >= 4 is 36.4 Å². The van der Waals surface area contributed by atoms with Crippen LogP contribution in [0.3, 0.4) is 0 Å². The van der Waals surface area contributed by atoms with Crippen LogP contribution in [-0.4, -0.2) is 31.0 Å². The molecule has 7 atom stereocenters. The van der Waals surface area contributed by atoms with Gasteiger partial charge in [0.15, 0.2) is 6.10 Å². The van der Waals surface area contributed by atoms with Gasteiger partial charge >= 0.3 is 5.92 Å². The summed E-state index contributed by atoms with van der Waals surface area (Å²) in [7, 11) is 5.85. The van der Waals surface area contributed by atoms with Crippen LogP contribution in [0.5, 0.6) is 0 Å². The Bertz CT molecular complexity index is 209. The molecule has 90 valence electrons. The zero-order valence-corrected chi connectivity index (χ0v) is 12.0. The fraction of sp³-hybridized carbons (Fsp3) is 1.00. The first-order valence-electron chi connectivity index (χ1n) is 3.89. The van der Waals surface area contributed by atoms with Gasteiger partial charge in [0.25, 0.3) is 0 Å². The molecule has 0 bridgehead atoms. The lowest BCUT2D eigenvalue weighted by Gasteiger charge is -2.21. The first kappa shape index (κ1) is 14.5. The van der Waals surface area contributed by atoms with E-state index in [1.54, 1.807) is 0 Å². The van der Waals surface area contributed by atoms with Crippen molar-refractivity contribution in [1.29, 1.82) is 0 Å². The fourth-order valence-electron chi connectivity index (χ4n) is 1.27. The second-order valence-corrected chi connectivity index (χ2v) is 4.59. The van der Waals surface area contributed by atoms with Gasteiger partial charge in [-0.15, -0.1) is 0 Å². The second-order valence-electron chi connectivity index (χ2n) is 2.81. The van der Waals surface area contributed by atoms with E-state index < -0.39 is 24.4 Å². The molecule has 0 aromatic carbocycles. The molecule has 0 aromatic rings. The second kappa shape index (κ2) is 6.38. The predicted molar refractivity (Wildman–Crippen MR) is 63.0 cm³/mol. The van der Waals surface area contributed by atoms with Crippen molar-refractivity contribution in [2.45, 2.75) is 24.4 Å². The molecule has 1 saturated heterocycles. The van der Waals surface area contributed by atoms with Crippen molar-refractivity contribution in [3.05, 3.63) is 0 Å². The Kier molecular flexibility index (Phi) is 6.16. The minimum Gasteiger partial charge on any atom is -0.363 e. The van der Waals surface area contributed by atoms with Crippen LogP contribution in [0.4, 0.5) is 8.78 Å². The predicted octanol–water partition coefficient (Wildman–Crippen LogP) is 1.73. The molecule has 0 aliphatic carbocycles. The number of hydrogen-bond donors (Lipinski definition) is 0. The molecule has 0 amide bonds. The van der Waals surface area contributed by atoms with E-state index in [1.807, 2.05) is 18.9 Å². The third kappa shape index (κ3) is 3.21. The number of halogens is 2. The van der Waals surface area contributed by atoms with Crippen molar-refractivity contribution in [2.75, 3.05) is 6.61 Å². The van der Waals surface area contributed by atoms with Crippen LogP contribution in [0.15, 0.2) is 0 Å². The van der Waals surface area contributed by atoms with Gasteiger partial charge in [-0.25, -0.2) is 0 Å². The summed E-state index contributed by atoms with van der Waals surface area (Å²) in [4.78, 5) is 0. The topological polar surface area (TPSA) is 36.9 Å². The first-order chi connectivity index (χ1) is 7.07. The van der Waals surface area contributed by atoms with E-state index in [0.29, 0.717) is 0 Å². The third-order valence-electron chi connectivity index (χ3n) is 1.91. The van der Waals surface area contributed by atoms with Crippen LogP contribution in [-0.2, 0) is 18.3 Å². The summed E-state index contributed by atoms with van der Waals surface area (Å²) in [5.74, 6) is -3.18. The lowest BCUT2D eigenvalue weighted by Crippen LogP contribution is -2.41. The summed E-state index contributed by atoms with van der Waals surface area (Å²) in [6.07, 6.45) is -3.81. The van der Waals surface area contributed by atoms with Gasteiger partial charge in [0.2, 0.25) is 6.29 Å². The van der Waals surface area contributed by atoms with Gasteiger partial charge in [-0.3, -0.25) is 0 Å². The summed E-state index contributed by atoms with van der Waals surface area (Å²) in [6, 6.07) is 0. The quantitative estimate of drug-likeness (QED) is 0.724. The minimum atomic E-state index is -3.18. The molecule has 1 rings (SSSR count). The number of rotatable bonds is 5. The van der Waals surface area contributed by atoms with Gasteiger partial charge in [0.05, 0.1) is 6.61 Å². The van der Waals surface area contributed by atoms with E-state index in [2.05, 4.69) is 18.0 Å². The van der Waals surface area contributed by atoms with E-state index in [4.69, 9.17) is 9.26 Å². The highest BCUT2D eigenvalue weighted by Gasteiger charge is 2.60. The maximum Gasteiger partial charge on any atom is 0.326 e. The monoisotopic (exact) mass is 298 g/mol. The van der Waals surface area contributed by atoms with Crippen molar-refractivity contribution in [3.63, 3.8) is 0 Å². The number of alkyl halides is 2. The maximum atomic E-state index is 13.6. The molecular weight excluding hydrogens is 286 g/mol. The Labute approximate surface area is 95.0 Å². The molecule has 0 radical (unpaired) electrons. The molecule has 0 N–H and O–H groups in total. The van der Waals surface area contributed by atoms with Crippen molar-refractivity contribution in [2.24, 2.45) is 0 Å². The summed E-state index contributed by atoms with van der Waals surface area (Å²) >= 11 is 0. The van der Waals surface area contributed by atoms with Gasteiger partial charge in [-0.2, -0.15) is 8.78 Å². The van der Waals surface area contributed by atoms with Crippen LogP contribution in [0.2, 0.25) is 0 Å². The first-order valence-corrected chi connectivity index (χ1v) is 7.55. The van der Waals surface area contributed by atoms with Crippen LogP contribution in [0.25, 0.3) is 0 Å². The van der Waals surface area contributed by atoms with E-state index in [-0.39, 0.29) is 15.1 Å². The highest BCUT2D eigenvalue weighted by Crippen LogP contribution is 2.43. The third-order valence-corrected chi connectivity index (χ3v) is 3.16. The van der Waals surface area contributed by atoms with E-state index in [1.165, 1.54) is 0 Å². The molecule has 1 aliphatic heterocycles. The zero-order valence-electron chi connectivity index (χ0n) is 7.56. The van der Waals surface area contributed by atoms with Gasteiger partial charge in [-0.05, 0) is 0 Å². The molecule has 1 heterocycles. The maximum absolute atomic E-state index is 13.6. The highest BCUT2D eigenvalue weighted by atomic mass is 32.0. The fourth-order valence-corrected chi connectivity index (χ4v) is 2.52. The average Bonchev–Trinajstić information content (AvgIpc) is 2.39. The molecule has 0 spiro atoms. The van der Waals surface area contributed by atoms with Crippen LogP contribution >= 0.6 is 36.4 Å². The summed E-state index contributed by atoms with van der Waals surface area (Å²) < 4.78 is 46.3. The van der Waals surface area contributed by atoms with Crippen LogP contribution < -0.4 is 0 Å². The summed E-state index contributed by atoms with van der Waals surface area (Å²) in [5.41, 5.74) is 0. The normalized spacial score (nSPS) is 35.4. The molecule has 10 heteroatoms. The SMILES string of the molecule is FC1(F)[C@H](OPP)O[C@H](COP)[C@@H]1OP. The number of hydrogen-bond acceptors (Lipinski definition) is 4. The van der Waals surface area contributed by atoms with Gasteiger partial charge in [0.1, 0.15) is 6.10 Å². The van der Waals surface area contributed by atoms with E-state index in [9.17, 15) is 8.78 Å². The Morgan fingerprint density at radius 1 is 1.40 bits per heavy atom. The van der Waals surface area contributed by atoms with Crippen molar-refractivity contribution < 1.29 is 27.1 Å². The van der Waals surface area contributed by atoms with Crippen molar-refractivity contribution in [1.82, 2.24) is 0 Å². The molecule has 15 heavy (non-hydrogen) atoms. The Balaban J connectivity index is 2.72. The Morgan fingerprint density at radius 2 is 2.07 bits per heavy atom. The lowest BCUT2D eigenvalue weighted by molar-refractivity contribution is -0.176. The van der Waals surface area contributed by atoms with Gasteiger partial charge in [0, 0.05) is 27.4 Å². The standard InChI is InChI=1S/C5H12F2O4P4/c6-5(7)3(10-13)2(1-8-12)9-4(5)11-15-14/h2-4,15H,1,12-14H2/t2-,3+,4+/m1/s1. The average molecular weight is 298 g/mol. The highest BCUT2D eigenvalue weighted by molar-refractivity contribution is 8.00. The Hall–Kier alpha value is 1.42. The van der Waals surface area contributed by atoms with Crippen LogP contribution in [0.1, 0.15) is 0 Å². The molecular formula is C5H12F2O4P4. The van der Waals surface area contributed by atoms with E-state index >= 15 is 0 Å². The minimum absolute atomic E-state index is 0.000842. The smallest absolute Gasteiger partial charge is 0.326 e.